The van der Waals surface area contributed by atoms with Crippen LogP contribution in [0.1, 0.15) is 0 Å². The molecule has 0 aliphatic carbocycles. The molecule has 98 valence electrons. The first kappa shape index (κ1) is 16.0. The van der Waals surface area contributed by atoms with Crippen molar-refractivity contribution < 1.29 is 43.9 Å². The van der Waals surface area contributed by atoms with Gasteiger partial charge in [-0.2, -0.15) is 43.9 Å². The van der Waals surface area contributed by atoms with Gasteiger partial charge in [-0.15, -0.1) is 0 Å². The molecular weight excluding hydrogens is 377 g/mol. The van der Waals surface area contributed by atoms with Crippen molar-refractivity contribution in [3.05, 3.63) is 0 Å². The molecule has 0 saturated heterocycles. The highest BCUT2D eigenvalue weighted by Crippen LogP contribution is 2.55. The zero-order chi connectivity index (χ0) is 13.6. The summed E-state index contributed by atoms with van der Waals surface area (Å²) in [6.45, 7) is 0. The van der Waals surface area contributed by atoms with Crippen molar-refractivity contribution >= 4 is 22.6 Å². The zero-order valence-corrected chi connectivity index (χ0v) is 8.89. The van der Waals surface area contributed by atoms with Crippen LogP contribution in [0.4, 0.5) is 43.9 Å². The maximum atomic E-state index is 12.4. The van der Waals surface area contributed by atoms with Gasteiger partial charge in [0, 0.05) is 22.6 Å². The molecule has 0 heterocycles. The Kier molecular flexibility index (Phi) is 4.06. The minimum absolute atomic E-state index is 0.469. The fourth-order valence-electron chi connectivity index (χ4n) is 0.760. The summed E-state index contributed by atoms with van der Waals surface area (Å²) in [5.74, 6) is -11.7. The third-order valence-corrected chi connectivity index (χ3v) is 2.11. The third-order valence-electron chi connectivity index (χ3n) is 1.40. The van der Waals surface area contributed by atoms with Gasteiger partial charge in [0.1, 0.15) is 0 Å². The summed E-state index contributed by atoms with van der Waals surface area (Å²) in [7, 11) is 0. The van der Waals surface area contributed by atoms with Crippen LogP contribution in [0.5, 0.6) is 0 Å². The first-order chi connectivity index (χ1) is 6.62. The Morgan fingerprint density at radius 2 is 0.875 bits per heavy atom. The lowest BCUT2D eigenvalue weighted by molar-refractivity contribution is -0.358. The normalized spacial score (nSPS) is 15.8. The molecule has 0 bridgehead atoms. The number of halogens is 11. The molecule has 0 fully saturated rings. The van der Waals surface area contributed by atoms with E-state index in [4.69, 9.17) is 0 Å². The molecule has 0 rings (SSSR count). The van der Waals surface area contributed by atoms with Crippen LogP contribution in [0.15, 0.2) is 0 Å². The first-order valence-electron chi connectivity index (χ1n) is 3.19. The number of hydrogen-bond acceptors (Lipinski definition) is 0. The second kappa shape index (κ2) is 4.05. The van der Waals surface area contributed by atoms with E-state index in [9.17, 15) is 43.9 Å². The standard InChI is InChI=1S/C5HF10I/c6-2(7,5(14,15)16)1(3(8,9)10)4(11,12)13/h1H. The summed E-state index contributed by atoms with van der Waals surface area (Å²) in [6, 6.07) is 0. The van der Waals surface area contributed by atoms with E-state index in [0.29, 0.717) is 0 Å². The Labute approximate surface area is 95.1 Å². The second-order valence-corrected chi connectivity index (χ2v) is 3.99. The second-order valence-electron chi connectivity index (χ2n) is 2.64. The van der Waals surface area contributed by atoms with Gasteiger partial charge in [0.2, 0.25) is 5.92 Å². The van der Waals surface area contributed by atoms with E-state index in [1.807, 2.05) is 0 Å². The van der Waals surface area contributed by atoms with Gasteiger partial charge in [-0.05, 0) is 0 Å². The molecule has 0 aliphatic rings. The van der Waals surface area contributed by atoms with Crippen molar-refractivity contribution in [3.63, 3.8) is 0 Å². The average Bonchev–Trinajstić information content (AvgIpc) is 1.72. The molecule has 0 aromatic heterocycles. The quantitative estimate of drug-likeness (QED) is 0.380. The average molecular weight is 378 g/mol. The Morgan fingerprint density at radius 1 is 0.625 bits per heavy atom. The summed E-state index contributed by atoms with van der Waals surface area (Å²) in [5, 5.41) is 0. The van der Waals surface area contributed by atoms with Crippen LogP contribution < -0.4 is 0 Å². The van der Waals surface area contributed by atoms with Gasteiger partial charge in [0.25, 0.3) is 0 Å². The molecular formula is C5HF10I. The van der Waals surface area contributed by atoms with Crippen molar-refractivity contribution in [1.29, 1.82) is 0 Å². The minimum Gasteiger partial charge on any atom is -0.198 e. The predicted octanol–water partition coefficient (Wildman–Crippen LogP) is 4.39. The van der Waals surface area contributed by atoms with Crippen molar-refractivity contribution in [2.75, 3.05) is 0 Å². The topological polar surface area (TPSA) is 0 Å². The predicted molar refractivity (Wildman–Crippen MR) is 39.5 cm³/mol. The van der Waals surface area contributed by atoms with Gasteiger partial charge in [-0.25, -0.2) is 0 Å². The van der Waals surface area contributed by atoms with Crippen molar-refractivity contribution in [2.24, 2.45) is 5.92 Å². The van der Waals surface area contributed by atoms with Gasteiger partial charge in [0.15, 0.2) is 0 Å². The smallest absolute Gasteiger partial charge is 0.198 e. The van der Waals surface area contributed by atoms with Crippen molar-refractivity contribution in [3.8, 4) is 0 Å². The molecule has 0 nitrogen and oxygen atoms in total. The Balaban J connectivity index is 5.57. The van der Waals surface area contributed by atoms with Crippen LogP contribution in [0, 0.1) is 5.92 Å². The molecule has 0 unspecified atom stereocenters. The highest BCUT2D eigenvalue weighted by atomic mass is 127. The van der Waals surface area contributed by atoms with Crippen molar-refractivity contribution in [1.82, 2.24) is 0 Å². The third kappa shape index (κ3) is 3.26. The van der Waals surface area contributed by atoms with Gasteiger partial charge < -0.3 is 0 Å². The van der Waals surface area contributed by atoms with Crippen LogP contribution in [-0.4, -0.2) is 22.2 Å². The molecule has 0 aromatic carbocycles. The monoisotopic (exact) mass is 378 g/mol. The lowest BCUT2D eigenvalue weighted by Gasteiger charge is -2.32. The zero-order valence-electron chi connectivity index (χ0n) is 6.73. The summed E-state index contributed by atoms with van der Waals surface area (Å²) in [4.78, 5) is 0. The van der Waals surface area contributed by atoms with E-state index in [1.165, 1.54) is 0 Å². The van der Waals surface area contributed by atoms with Gasteiger partial charge in [-0.1, -0.05) is 0 Å². The summed E-state index contributed by atoms with van der Waals surface area (Å²) in [6.07, 6.45) is -13.0. The Hall–Kier alpha value is 0.0300. The van der Waals surface area contributed by atoms with E-state index in [2.05, 4.69) is 0 Å². The van der Waals surface area contributed by atoms with E-state index in [0.717, 1.165) is 0 Å². The molecule has 16 heavy (non-hydrogen) atoms. The van der Waals surface area contributed by atoms with Gasteiger partial charge >= 0.3 is 22.2 Å². The molecule has 0 radical (unpaired) electrons. The van der Waals surface area contributed by atoms with Crippen molar-refractivity contribution in [2.45, 2.75) is 22.2 Å². The summed E-state index contributed by atoms with van der Waals surface area (Å²) < 4.78 is 114. The Morgan fingerprint density at radius 3 is 0.938 bits per heavy atom. The fraction of sp³-hybridized carbons (Fsp3) is 1.00. The molecule has 0 saturated carbocycles. The summed E-state index contributed by atoms with van der Waals surface area (Å²) >= 11 is -0.469. The van der Waals surface area contributed by atoms with Crippen LogP contribution >= 0.6 is 22.6 Å². The highest BCUT2D eigenvalue weighted by molar-refractivity contribution is 14.1. The SMILES string of the molecule is FC(F)(F)C(C(F)(F)F)C(F)(F)C(F)(F)I. The maximum absolute atomic E-state index is 12.4. The lowest BCUT2D eigenvalue weighted by atomic mass is 10.0. The maximum Gasteiger partial charge on any atom is 0.406 e. The van der Waals surface area contributed by atoms with E-state index >= 15 is 0 Å². The minimum atomic E-state index is -6.52. The van der Waals surface area contributed by atoms with Crippen LogP contribution in [0.2, 0.25) is 0 Å². The number of rotatable bonds is 2. The summed E-state index contributed by atoms with van der Waals surface area (Å²) in [5.41, 5.74) is 0. The molecule has 0 aromatic rings. The molecule has 11 heteroatoms. The fourth-order valence-corrected chi connectivity index (χ4v) is 1.07. The highest BCUT2D eigenvalue weighted by Gasteiger charge is 2.76. The Bertz CT molecular complexity index is 229. The van der Waals surface area contributed by atoms with Gasteiger partial charge in [0.05, 0.1) is 0 Å². The first-order valence-corrected chi connectivity index (χ1v) is 4.27. The van der Waals surface area contributed by atoms with E-state index < -0.39 is 50.7 Å². The lowest BCUT2D eigenvalue weighted by Crippen LogP contribution is -2.55. The van der Waals surface area contributed by atoms with Crippen LogP contribution in [0.3, 0.4) is 0 Å². The van der Waals surface area contributed by atoms with E-state index in [-0.39, 0.29) is 0 Å². The molecule has 0 atom stereocenters. The van der Waals surface area contributed by atoms with E-state index in [1.54, 1.807) is 0 Å². The number of hydrogen-bond donors (Lipinski definition) is 0. The number of alkyl halides is 11. The van der Waals surface area contributed by atoms with Crippen LogP contribution in [0.25, 0.3) is 0 Å². The molecule has 0 amide bonds. The van der Waals surface area contributed by atoms with Gasteiger partial charge in [-0.3, -0.25) is 0 Å². The molecule has 0 N–H and O–H groups in total. The largest absolute Gasteiger partial charge is 0.406 e. The molecule has 0 aliphatic heterocycles. The van der Waals surface area contributed by atoms with Crippen LogP contribution in [-0.2, 0) is 0 Å². The molecule has 0 spiro atoms.